The van der Waals surface area contributed by atoms with Crippen molar-refractivity contribution in [3.8, 4) is 0 Å². The number of nitrogens with one attached hydrogen (secondary N) is 1. The molecule has 0 bridgehead atoms. The Morgan fingerprint density at radius 2 is 1.76 bits per heavy atom. The SMILES string of the molecule is CC(NCC1CC12CCN(c1ccccc1)CC2)c1ccc(F)cc1. The monoisotopic (exact) mass is 338 g/mol. The van der Waals surface area contributed by atoms with Gasteiger partial charge in [-0.05, 0) is 73.9 Å². The number of hydrogen-bond acceptors (Lipinski definition) is 2. The molecule has 132 valence electrons. The highest BCUT2D eigenvalue weighted by Crippen LogP contribution is 2.59. The Kier molecular flexibility index (Phi) is 4.51. The molecule has 1 aliphatic carbocycles. The van der Waals surface area contributed by atoms with E-state index in [2.05, 4.69) is 47.5 Å². The van der Waals surface area contributed by atoms with Gasteiger partial charge in [-0.1, -0.05) is 30.3 Å². The van der Waals surface area contributed by atoms with Crippen LogP contribution in [0, 0.1) is 17.2 Å². The van der Waals surface area contributed by atoms with Crippen molar-refractivity contribution < 1.29 is 4.39 Å². The minimum Gasteiger partial charge on any atom is -0.371 e. The first-order chi connectivity index (χ1) is 12.2. The predicted molar refractivity (Wildman–Crippen MR) is 101 cm³/mol. The van der Waals surface area contributed by atoms with Crippen molar-refractivity contribution in [1.82, 2.24) is 5.32 Å². The molecule has 0 amide bonds. The summed E-state index contributed by atoms with van der Waals surface area (Å²) >= 11 is 0. The molecule has 25 heavy (non-hydrogen) atoms. The Morgan fingerprint density at radius 1 is 1.08 bits per heavy atom. The zero-order valence-electron chi connectivity index (χ0n) is 14.9. The number of piperidine rings is 1. The fourth-order valence-electron chi connectivity index (χ4n) is 4.37. The average molecular weight is 338 g/mol. The summed E-state index contributed by atoms with van der Waals surface area (Å²) in [6.07, 6.45) is 3.97. The number of anilines is 1. The maximum atomic E-state index is 13.0. The van der Waals surface area contributed by atoms with Crippen LogP contribution in [0.3, 0.4) is 0 Å². The molecular formula is C22H27FN2. The smallest absolute Gasteiger partial charge is 0.123 e. The molecule has 1 N–H and O–H groups in total. The summed E-state index contributed by atoms with van der Waals surface area (Å²) < 4.78 is 13.0. The van der Waals surface area contributed by atoms with E-state index in [1.54, 1.807) is 12.1 Å². The van der Waals surface area contributed by atoms with E-state index in [0.29, 0.717) is 5.41 Å². The first-order valence-electron chi connectivity index (χ1n) is 9.45. The highest BCUT2D eigenvalue weighted by molar-refractivity contribution is 5.46. The average Bonchev–Trinajstić information content (AvgIpc) is 3.33. The van der Waals surface area contributed by atoms with Crippen LogP contribution in [0.5, 0.6) is 0 Å². The zero-order valence-corrected chi connectivity index (χ0v) is 14.9. The van der Waals surface area contributed by atoms with Crippen molar-refractivity contribution in [3.63, 3.8) is 0 Å². The van der Waals surface area contributed by atoms with Crippen molar-refractivity contribution in [1.29, 1.82) is 0 Å². The number of nitrogens with zero attached hydrogens (tertiary/aromatic N) is 1. The van der Waals surface area contributed by atoms with Crippen molar-refractivity contribution in [2.75, 3.05) is 24.5 Å². The molecule has 2 aliphatic rings. The maximum Gasteiger partial charge on any atom is 0.123 e. The van der Waals surface area contributed by atoms with Gasteiger partial charge in [-0.15, -0.1) is 0 Å². The van der Waals surface area contributed by atoms with E-state index < -0.39 is 0 Å². The van der Waals surface area contributed by atoms with E-state index >= 15 is 0 Å². The van der Waals surface area contributed by atoms with Crippen LogP contribution < -0.4 is 10.2 Å². The van der Waals surface area contributed by atoms with Gasteiger partial charge < -0.3 is 10.2 Å². The van der Waals surface area contributed by atoms with Gasteiger partial charge in [-0.25, -0.2) is 4.39 Å². The third-order valence-corrected chi connectivity index (χ3v) is 6.28. The minimum atomic E-state index is -0.165. The predicted octanol–water partition coefficient (Wildman–Crippen LogP) is 4.78. The van der Waals surface area contributed by atoms with Crippen LogP contribution in [0.15, 0.2) is 54.6 Å². The summed E-state index contributed by atoms with van der Waals surface area (Å²) in [5, 5.41) is 3.66. The molecule has 1 saturated heterocycles. The van der Waals surface area contributed by atoms with Crippen molar-refractivity contribution >= 4 is 5.69 Å². The van der Waals surface area contributed by atoms with Gasteiger partial charge in [0.05, 0.1) is 0 Å². The largest absolute Gasteiger partial charge is 0.371 e. The summed E-state index contributed by atoms with van der Waals surface area (Å²) in [6, 6.07) is 17.9. The molecule has 2 unspecified atom stereocenters. The van der Waals surface area contributed by atoms with Crippen molar-refractivity contribution in [2.45, 2.75) is 32.2 Å². The number of para-hydroxylation sites is 1. The Labute approximate surface area is 150 Å². The third kappa shape index (κ3) is 3.57. The summed E-state index contributed by atoms with van der Waals surface area (Å²) in [6.45, 7) is 5.59. The zero-order chi connectivity index (χ0) is 17.3. The normalized spacial score (nSPS) is 22.8. The molecule has 2 aromatic carbocycles. The lowest BCUT2D eigenvalue weighted by molar-refractivity contribution is 0.339. The van der Waals surface area contributed by atoms with Crippen LogP contribution in [-0.2, 0) is 0 Å². The standard InChI is InChI=1S/C22H27FN2/c1-17(18-7-9-20(23)10-8-18)24-16-19-15-22(19)11-13-25(14-12-22)21-5-3-2-4-6-21/h2-10,17,19,24H,11-16H2,1H3. The summed E-state index contributed by atoms with van der Waals surface area (Å²) in [7, 11) is 0. The molecule has 0 aromatic heterocycles. The van der Waals surface area contributed by atoms with Gasteiger partial charge in [0, 0.05) is 24.8 Å². The molecule has 2 fully saturated rings. The lowest BCUT2D eigenvalue weighted by Gasteiger charge is -2.34. The second kappa shape index (κ2) is 6.80. The van der Waals surface area contributed by atoms with Gasteiger partial charge in [0.1, 0.15) is 5.82 Å². The number of halogens is 1. The number of rotatable bonds is 5. The van der Waals surface area contributed by atoms with Gasteiger partial charge in [-0.2, -0.15) is 0 Å². The highest BCUT2D eigenvalue weighted by atomic mass is 19.1. The van der Waals surface area contributed by atoms with Gasteiger partial charge in [0.15, 0.2) is 0 Å². The van der Waals surface area contributed by atoms with E-state index in [9.17, 15) is 4.39 Å². The summed E-state index contributed by atoms with van der Waals surface area (Å²) in [5.41, 5.74) is 3.09. The van der Waals surface area contributed by atoms with E-state index in [4.69, 9.17) is 0 Å². The van der Waals surface area contributed by atoms with Crippen LogP contribution in [0.25, 0.3) is 0 Å². The van der Waals surface area contributed by atoms with Crippen LogP contribution in [0.2, 0.25) is 0 Å². The quantitative estimate of drug-likeness (QED) is 0.844. The third-order valence-electron chi connectivity index (χ3n) is 6.28. The minimum absolute atomic E-state index is 0.165. The first-order valence-corrected chi connectivity index (χ1v) is 9.45. The molecule has 4 rings (SSSR count). The number of hydrogen-bond donors (Lipinski definition) is 1. The molecule has 1 aliphatic heterocycles. The second-order valence-corrected chi connectivity index (χ2v) is 7.77. The molecule has 1 saturated carbocycles. The van der Waals surface area contributed by atoms with Crippen molar-refractivity contribution in [2.24, 2.45) is 11.3 Å². The topological polar surface area (TPSA) is 15.3 Å². The van der Waals surface area contributed by atoms with Crippen LogP contribution >= 0.6 is 0 Å². The molecule has 1 heterocycles. The van der Waals surface area contributed by atoms with E-state index in [-0.39, 0.29) is 11.9 Å². The van der Waals surface area contributed by atoms with Gasteiger partial charge in [-0.3, -0.25) is 0 Å². The highest BCUT2D eigenvalue weighted by Gasteiger charge is 2.54. The molecule has 0 radical (unpaired) electrons. The van der Waals surface area contributed by atoms with Gasteiger partial charge in [0.2, 0.25) is 0 Å². The Bertz CT molecular complexity index is 690. The molecule has 2 aromatic rings. The van der Waals surface area contributed by atoms with Crippen molar-refractivity contribution in [3.05, 3.63) is 66.0 Å². The number of benzene rings is 2. The van der Waals surface area contributed by atoms with Gasteiger partial charge >= 0.3 is 0 Å². The van der Waals surface area contributed by atoms with E-state index in [0.717, 1.165) is 18.0 Å². The van der Waals surface area contributed by atoms with Crippen LogP contribution in [0.4, 0.5) is 10.1 Å². The first kappa shape index (κ1) is 16.6. The van der Waals surface area contributed by atoms with Gasteiger partial charge in [0.25, 0.3) is 0 Å². The summed E-state index contributed by atoms with van der Waals surface area (Å²) in [5.74, 6) is 0.635. The Hall–Kier alpha value is -1.87. The van der Waals surface area contributed by atoms with Crippen LogP contribution in [-0.4, -0.2) is 19.6 Å². The fraction of sp³-hybridized carbons (Fsp3) is 0.455. The van der Waals surface area contributed by atoms with E-state index in [1.807, 2.05) is 12.1 Å². The lowest BCUT2D eigenvalue weighted by Crippen LogP contribution is -2.36. The molecule has 1 spiro atoms. The molecule has 2 atom stereocenters. The molecular weight excluding hydrogens is 311 g/mol. The lowest BCUT2D eigenvalue weighted by atomic mass is 9.90. The van der Waals surface area contributed by atoms with E-state index in [1.165, 1.54) is 38.0 Å². The second-order valence-electron chi connectivity index (χ2n) is 7.77. The van der Waals surface area contributed by atoms with Crippen LogP contribution in [0.1, 0.15) is 37.8 Å². The Balaban J connectivity index is 1.26. The maximum absolute atomic E-state index is 13.0. The fourth-order valence-corrected chi connectivity index (χ4v) is 4.37. The molecule has 3 heteroatoms. The summed E-state index contributed by atoms with van der Waals surface area (Å²) in [4.78, 5) is 2.52. The Morgan fingerprint density at radius 3 is 2.44 bits per heavy atom. The molecule has 2 nitrogen and oxygen atoms in total.